The first-order valence-electron chi connectivity index (χ1n) is 6.83. The lowest BCUT2D eigenvalue weighted by molar-refractivity contribution is 0.380. The molecule has 3 heteroatoms. The molecule has 0 saturated carbocycles. The molecule has 0 bridgehead atoms. The zero-order valence-corrected chi connectivity index (χ0v) is 13.2. The molecular weight excluding hydrogens is 252 g/mol. The van der Waals surface area contributed by atoms with Crippen molar-refractivity contribution in [3.63, 3.8) is 0 Å². The van der Waals surface area contributed by atoms with Crippen LogP contribution in [0.2, 0.25) is 0 Å². The first kappa shape index (κ1) is 16.1. The minimum Gasteiger partial charge on any atom is -0.297 e. The molecule has 0 aliphatic rings. The SMILES string of the molecule is Cc1ccc(SCCCC(C)(C#N)NC(C)C)cc1. The fourth-order valence-corrected chi connectivity index (χ4v) is 2.90. The monoisotopic (exact) mass is 276 g/mol. The fraction of sp³-hybridized carbons (Fsp3) is 0.562. The van der Waals surface area contributed by atoms with Gasteiger partial charge in [-0.2, -0.15) is 5.26 Å². The van der Waals surface area contributed by atoms with Gasteiger partial charge >= 0.3 is 0 Å². The summed E-state index contributed by atoms with van der Waals surface area (Å²) in [5.41, 5.74) is 0.893. The summed E-state index contributed by atoms with van der Waals surface area (Å²) in [6.07, 6.45) is 1.93. The van der Waals surface area contributed by atoms with Crippen LogP contribution in [0.25, 0.3) is 0 Å². The number of rotatable bonds is 7. The molecule has 104 valence electrons. The molecule has 0 fully saturated rings. The molecule has 19 heavy (non-hydrogen) atoms. The predicted molar refractivity (Wildman–Crippen MR) is 83.4 cm³/mol. The zero-order chi connectivity index (χ0) is 14.3. The van der Waals surface area contributed by atoms with Gasteiger partial charge in [0.15, 0.2) is 0 Å². The molecule has 1 aromatic rings. The molecule has 1 N–H and O–H groups in total. The van der Waals surface area contributed by atoms with Crippen LogP contribution < -0.4 is 5.32 Å². The first-order chi connectivity index (χ1) is 8.95. The van der Waals surface area contributed by atoms with E-state index in [-0.39, 0.29) is 0 Å². The summed E-state index contributed by atoms with van der Waals surface area (Å²) in [5, 5.41) is 12.6. The van der Waals surface area contributed by atoms with Crippen molar-refractivity contribution in [1.82, 2.24) is 5.32 Å². The van der Waals surface area contributed by atoms with Crippen molar-refractivity contribution in [1.29, 1.82) is 5.26 Å². The van der Waals surface area contributed by atoms with E-state index in [1.54, 1.807) is 0 Å². The van der Waals surface area contributed by atoms with Crippen molar-refractivity contribution in [3.8, 4) is 6.07 Å². The minimum atomic E-state index is -0.401. The highest BCUT2D eigenvalue weighted by molar-refractivity contribution is 7.99. The fourth-order valence-electron chi connectivity index (χ4n) is 2.05. The van der Waals surface area contributed by atoms with E-state index in [4.69, 9.17) is 0 Å². The zero-order valence-electron chi connectivity index (χ0n) is 12.4. The smallest absolute Gasteiger partial charge is 0.104 e. The van der Waals surface area contributed by atoms with E-state index < -0.39 is 5.54 Å². The van der Waals surface area contributed by atoms with Gasteiger partial charge in [-0.1, -0.05) is 17.7 Å². The van der Waals surface area contributed by atoms with Gasteiger partial charge in [-0.15, -0.1) is 11.8 Å². The Labute approximate surface area is 121 Å². The average molecular weight is 276 g/mol. The van der Waals surface area contributed by atoms with Gasteiger partial charge in [-0.05, 0) is 58.4 Å². The summed E-state index contributed by atoms with van der Waals surface area (Å²) in [7, 11) is 0. The summed E-state index contributed by atoms with van der Waals surface area (Å²) in [4.78, 5) is 1.31. The minimum absolute atomic E-state index is 0.342. The van der Waals surface area contributed by atoms with Crippen molar-refractivity contribution >= 4 is 11.8 Å². The number of hydrogen-bond acceptors (Lipinski definition) is 3. The molecule has 2 nitrogen and oxygen atoms in total. The van der Waals surface area contributed by atoms with Crippen LogP contribution in [0.3, 0.4) is 0 Å². The van der Waals surface area contributed by atoms with Crippen LogP contribution in [0.15, 0.2) is 29.2 Å². The maximum atomic E-state index is 9.26. The third-order valence-corrected chi connectivity index (χ3v) is 4.06. The van der Waals surface area contributed by atoms with Gasteiger partial charge < -0.3 is 0 Å². The first-order valence-corrected chi connectivity index (χ1v) is 7.82. The molecule has 0 radical (unpaired) electrons. The van der Waals surface area contributed by atoms with Crippen LogP contribution in [0.5, 0.6) is 0 Å². The number of thioether (sulfide) groups is 1. The largest absolute Gasteiger partial charge is 0.297 e. The number of hydrogen-bond donors (Lipinski definition) is 1. The number of nitriles is 1. The number of nitrogens with zero attached hydrogens (tertiary/aromatic N) is 1. The lowest BCUT2D eigenvalue weighted by Crippen LogP contribution is -2.44. The standard InChI is InChI=1S/C16H24N2S/c1-13(2)18-16(4,12-17)10-5-11-19-15-8-6-14(3)7-9-15/h6-9,13,18H,5,10-11H2,1-4H3. The normalized spacial score (nSPS) is 14.1. The number of nitrogens with one attached hydrogen (secondary N) is 1. The highest BCUT2D eigenvalue weighted by Gasteiger charge is 2.23. The van der Waals surface area contributed by atoms with Crippen molar-refractivity contribution in [3.05, 3.63) is 29.8 Å². The third kappa shape index (κ3) is 6.13. The quantitative estimate of drug-likeness (QED) is 0.600. The Morgan fingerprint density at radius 3 is 2.47 bits per heavy atom. The van der Waals surface area contributed by atoms with Crippen LogP contribution in [0.4, 0.5) is 0 Å². The van der Waals surface area contributed by atoms with Gasteiger partial charge in [0.25, 0.3) is 0 Å². The summed E-state index contributed by atoms with van der Waals surface area (Å²) in [5.74, 6) is 1.06. The van der Waals surface area contributed by atoms with Crippen molar-refractivity contribution in [2.45, 2.75) is 57.0 Å². The van der Waals surface area contributed by atoms with E-state index in [0.717, 1.165) is 18.6 Å². The second-order valence-corrected chi connectivity index (χ2v) is 6.68. The van der Waals surface area contributed by atoms with Crippen LogP contribution in [-0.2, 0) is 0 Å². The molecule has 0 aliphatic heterocycles. The van der Waals surface area contributed by atoms with Gasteiger partial charge in [-0.3, -0.25) is 5.32 Å². The Balaban J connectivity index is 2.33. The Hall–Kier alpha value is -0.980. The molecule has 0 saturated heterocycles. The van der Waals surface area contributed by atoms with Crippen molar-refractivity contribution in [2.75, 3.05) is 5.75 Å². The lowest BCUT2D eigenvalue weighted by atomic mass is 9.97. The van der Waals surface area contributed by atoms with E-state index in [9.17, 15) is 5.26 Å². The Kier molecular flexibility index (Phi) is 6.41. The van der Waals surface area contributed by atoms with Gasteiger partial charge in [-0.25, -0.2) is 0 Å². The molecular formula is C16H24N2S. The third-order valence-electron chi connectivity index (χ3n) is 2.96. The summed E-state index contributed by atoms with van der Waals surface area (Å²) < 4.78 is 0. The van der Waals surface area contributed by atoms with Gasteiger partial charge in [0, 0.05) is 10.9 Å². The van der Waals surface area contributed by atoms with Crippen LogP contribution in [0.1, 0.15) is 39.2 Å². The summed E-state index contributed by atoms with van der Waals surface area (Å²) >= 11 is 1.86. The molecule has 0 aliphatic carbocycles. The summed E-state index contributed by atoms with van der Waals surface area (Å²) in [6, 6.07) is 11.3. The maximum Gasteiger partial charge on any atom is 0.104 e. The molecule has 1 aromatic carbocycles. The maximum absolute atomic E-state index is 9.26. The highest BCUT2D eigenvalue weighted by Crippen LogP contribution is 2.21. The van der Waals surface area contributed by atoms with E-state index in [2.05, 4.69) is 56.4 Å². The Morgan fingerprint density at radius 2 is 1.95 bits per heavy atom. The molecule has 0 amide bonds. The van der Waals surface area contributed by atoms with Crippen LogP contribution in [0, 0.1) is 18.3 Å². The molecule has 0 heterocycles. The van der Waals surface area contributed by atoms with Crippen LogP contribution in [-0.4, -0.2) is 17.3 Å². The van der Waals surface area contributed by atoms with Crippen molar-refractivity contribution < 1.29 is 0 Å². The van der Waals surface area contributed by atoms with Gasteiger partial charge in [0.2, 0.25) is 0 Å². The van der Waals surface area contributed by atoms with E-state index in [1.807, 2.05) is 18.7 Å². The molecule has 0 aromatic heterocycles. The molecule has 1 rings (SSSR count). The second-order valence-electron chi connectivity index (χ2n) is 5.51. The van der Waals surface area contributed by atoms with Gasteiger partial charge in [0.05, 0.1) is 6.07 Å². The van der Waals surface area contributed by atoms with E-state index in [1.165, 1.54) is 10.5 Å². The topological polar surface area (TPSA) is 35.8 Å². The Morgan fingerprint density at radius 1 is 1.32 bits per heavy atom. The average Bonchev–Trinajstić information content (AvgIpc) is 2.36. The van der Waals surface area contributed by atoms with Crippen molar-refractivity contribution in [2.24, 2.45) is 0 Å². The Bertz CT molecular complexity index is 419. The molecule has 0 spiro atoms. The predicted octanol–water partition coefficient (Wildman–Crippen LogP) is 4.15. The van der Waals surface area contributed by atoms with E-state index >= 15 is 0 Å². The lowest BCUT2D eigenvalue weighted by Gasteiger charge is -2.25. The van der Waals surface area contributed by atoms with Gasteiger partial charge in [0.1, 0.15) is 5.54 Å². The number of benzene rings is 1. The van der Waals surface area contributed by atoms with E-state index in [0.29, 0.717) is 6.04 Å². The van der Waals surface area contributed by atoms with Crippen LogP contribution >= 0.6 is 11.8 Å². The number of aryl methyl sites for hydroxylation is 1. The summed E-state index contributed by atoms with van der Waals surface area (Å²) in [6.45, 7) is 8.25. The molecule has 1 unspecified atom stereocenters. The molecule has 1 atom stereocenters. The second kappa shape index (κ2) is 7.57. The highest BCUT2D eigenvalue weighted by atomic mass is 32.2.